The van der Waals surface area contributed by atoms with Crippen molar-refractivity contribution in [3.05, 3.63) is 29.5 Å². The molecule has 0 aliphatic heterocycles. The Labute approximate surface area is 113 Å². The van der Waals surface area contributed by atoms with Crippen molar-refractivity contribution >= 4 is 20.7 Å². The van der Waals surface area contributed by atoms with Gasteiger partial charge in [0.1, 0.15) is 0 Å². The van der Waals surface area contributed by atoms with Crippen LogP contribution in [0.3, 0.4) is 0 Å². The summed E-state index contributed by atoms with van der Waals surface area (Å²) in [5.74, 6) is 0. The highest BCUT2D eigenvalue weighted by Crippen LogP contribution is 2.26. The van der Waals surface area contributed by atoms with Crippen molar-refractivity contribution in [2.45, 2.75) is 37.6 Å². The summed E-state index contributed by atoms with van der Waals surface area (Å²) in [6.07, 6.45) is 2.89. The number of benzene rings is 1. The van der Waals surface area contributed by atoms with Gasteiger partial charge in [-0.05, 0) is 43.5 Å². The van der Waals surface area contributed by atoms with Crippen molar-refractivity contribution in [2.24, 2.45) is 5.73 Å². The van der Waals surface area contributed by atoms with Crippen molar-refractivity contribution < 1.29 is 8.42 Å². The van der Waals surface area contributed by atoms with Gasteiger partial charge in [0, 0.05) is 28.9 Å². The van der Waals surface area contributed by atoms with Crippen molar-refractivity contribution in [2.75, 3.05) is 6.26 Å². The Hall–Kier alpha value is -1.33. The van der Waals surface area contributed by atoms with Gasteiger partial charge in [-0.15, -0.1) is 0 Å². The number of aromatic nitrogens is 1. The normalized spacial score (nSPS) is 13.9. The lowest BCUT2D eigenvalue weighted by atomic mass is 10.0. The topological polar surface area (TPSA) is 76.0 Å². The highest BCUT2D eigenvalue weighted by atomic mass is 32.2. The maximum absolute atomic E-state index is 11.6. The zero-order valence-corrected chi connectivity index (χ0v) is 12.3. The molecule has 2 aromatic rings. The second-order valence-electron chi connectivity index (χ2n) is 5.08. The number of hydrogen-bond acceptors (Lipinski definition) is 3. The van der Waals surface area contributed by atoms with Gasteiger partial charge in [0.25, 0.3) is 0 Å². The highest BCUT2D eigenvalue weighted by molar-refractivity contribution is 7.90. The summed E-state index contributed by atoms with van der Waals surface area (Å²) < 4.78 is 23.3. The molecule has 0 saturated carbocycles. The third kappa shape index (κ3) is 2.82. The smallest absolute Gasteiger partial charge is 0.175 e. The second-order valence-corrected chi connectivity index (χ2v) is 7.10. The van der Waals surface area contributed by atoms with E-state index in [1.807, 2.05) is 13.0 Å². The van der Waals surface area contributed by atoms with E-state index in [0.717, 1.165) is 35.0 Å². The zero-order valence-electron chi connectivity index (χ0n) is 11.5. The van der Waals surface area contributed by atoms with Crippen LogP contribution < -0.4 is 5.73 Å². The first kappa shape index (κ1) is 14.1. The van der Waals surface area contributed by atoms with Crippen LogP contribution in [0.15, 0.2) is 23.1 Å². The van der Waals surface area contributed by atoms with Gasteiger partial charge < -0.3 is 10.7 Å². The van der Waals surface area contributed by atoms with Crippen LogP contribution in [0.25, 0.3) is 10.9 Å². The first-order valence-electron chi connectivity index (χ1n) is 6.39. The fourth-order valence-electron chi connectivity index (χ4n) is 2.26. The van der Waals surface area contributed by atoms with E-state index in [4.69, 9.17) is 5.73 Å². The Kier molecular flexibility index (Phi) is 3.69. The molecule has 4 nitrogen and oxygen atoms in total. The fourth-order valence-corrected chi connectivity index (χ4v) is 2.91. The van der Waals surface area contributed by atoms with E-state index >= 15 is 0 Å². The minimum atomic E-state index is -3.18. The summed E-state index contributed by atoms with van der Waals surface area (Å²) in [6.45, 7) is 4.05. The minimum absolute atomic E-state index is 0.0968. The summed E-state index contributed by atoms with van der Waals surface area (Å²) >= 11 is 0. The van der Waals surface area contributed by atoms with Crippen molar-refractivity contribution in [1.29, 1.82) is 0 Å². The Balaban J connectivity index is 2.59. The molecule has 1 aromatic heterocycles. The number of hydrogen-bond donors (Lipinski definition) is 2. The summed E-state index contributed by atoms with van der Waals surface area (Å²) in [6, 6.07) is 5.29. The Morgan fingerprint density at radius 2 is 2.05 bits per heavy atom. The van der Waals surface area contributed by atoms with E-state index in [0.29, 0.717) is 4.90 Å². The molecule has 0 bridgehead atoms. The molecule has 0 spiro atoms. The van der Waals surface area contributed by atoms with E-state index in [1.165, 1.54) is 6.26 Å². The van der Waals surface area contributed by atoms with Crippen molar-refractivity contribution in [3.8, 4) is 0 Å². The van der Waals surface area contributed by atoms with Gasteiger partial charge in [-0.25, -0.2) is 8.42 Å². The third-order valence-corrected chi connectivity index (χ3v) is 4.62. The number of aryl methyl sites for hydroxylation is 1. The van der Waals surface area contributed by atoms with Crippen LogP contribution >= 0.6 is 0 Å². The molecule has 1 atom stereocenters. The standard InChI is InChI=1S/C14H20N2O2S/c1-4-10(15)7-12-9(2)16-14-6-5-11(8-13(12)14)19(3,17)18/h5-6,8,10,16H,4,7,15H2,1-3H3. The molecule has 0 amide bonds. The highest BCUT2D eigenvalue weighted by Gasteiger charge is 2.14. The summed E-state index contributed by atoms with van der Waals surface area (Å²) in [7, 11) is -3.18. The molecule has 0 radical (unpaired) electrons. The molecular formula is C14H20N2O2S. The maximum atomic E-state index is 11.6. The minimum Gasteiger partial charge on any atom is -0.358 e. The molecule has 0 aliphatic carbocycles. The van der Waals surface area contributed by atoms with Crippen molar-refractivity contribution in [1.82, 2.24) is 4.98 Å². The van der Waals surface area contributed by atoms with Gasteiger partial charge in [0.2, 0.25) is 0 Å². The van der Waals surface area contributed by atoms with Gasteiger partial charge >= 0.3 is 0 Å². The van der Waals surface area contributed by atoms with Crippen molar-refractivity contribution in [3.63, 3.8) is 0 Å². The average Bonchev–Trinajstić information content (AvgIpc) is 2.64. The predicted octanol–water partition coefficient (Wildman–Crippen LogP) is 2.16. The van der Waals surface area contributed by atoms with Gasteiger partial charge in [0.05, 0.1) is 4.90 Å². The van der Waals surface area contributed by atoms with Gasteiger partial charge in [-0.2, -0.15) is 0 Å². The average molecular weight is 280 g/mol. The van der Waals surface area contributed by atoms with Crippen LogP contribution in [-0.4, -0.2) is 25.7 Å². The van der Waals surface area contributed by atoms with E-state index in [9.17, 15) is 8.42 Å². The van der Waals surface area contributed by atoms with E-state index in [2.05, 4.69) is 11.9 Å². The lowest BCUT2D eigenvalue weighted by Gasteiger charge is -2.09. The van der Waals surface area contributed by atoms with Gasteiger partial charge in [-0.3, -0.25) is 0 Å². The van der Waals surface area contributed by atoms with Crippen LogP contribution in [0, 0.1) is 6.92 Å². The number of H-pyrrole nitrogens is 1. The zero-order chi connectivity index (χ0) is 14.2. The number of nitrogens with two attached hydrogens (primary N) is 1. The first-order chi connectivity index (χ1) is 8.82. The monoisotopic (exact) mass is 280 g/mol. The molecule has 1 unspecified atom stereocenters. The van der Waals surface area contributed by atoms with Crippen LogP contribution in [-0.2, 0) is 16.3 Å². The van der Waals surface area contributed by atoms with Crippen LogP contribution in [0.5, 0.6) is 0 Å². The predicted molar refractivity (Wildman–Crippen MR) is 78.1 cm³/mol. The Morgan fingerprint density at radius 1 is 1.37 bits per heavy atom. The quantitative estimate of drug-likeness (QED) is 0.901. The lowest BCUT2D eigenvalue weighted by molar-refractivity contribution is 0.602. The molecule has 19 heavy (non-hydrogen) atoms. The number of aromatic amines is 1. The first-order valence-corrected chi connectivity index (χ1v) is 8.29. The molecule has 0 fully saturated rings. The second kappa shape index (κ2) is 4.98. The van der Waals surface area contributed by atoms with Crippen LogP contribution in [0.4, 0.5) is 0 Å². The van der Waals surface area contributed by atoms with Crippen LogP contribution in [0.2, 0.25) is 0 Å². The molecule has 5 heteroatoms. The van der Waals surface area contributed by atoms with Gasteiger partial charge in [-0.1, -0.05) is 6.92 Å². The molecular weight excluding hydrogens is 260 g/mol. The number of fused-ring (bicyclic) bond motifs is 1. The summed E-state index contributed by atoms with van der Waals surface area (Å²) in [5, 5.41) is 0.962. The SMILES string of the molecule is CCC(N)Cc1c(C)[nH]c2ccc(S(C)(=O)=O)cc12. The molecule has 0 saturated heterocycles. The van der Waals surface area contributed by atoms with E-state index in [-0.39, 0.29) is 6.04 Å². The number of sulfone groups is 1. The third-order valence-electron chi connectivity index (χ3n) is 3.51. The molecule has 1 aromatic carbocycles. The van der Waals surface area contributed by atoms with E-state index < -0.39 is 9.84 Å². The van der Waals surface area contributed by atoms with Gasteiger partial charge in [0.15, 0.2) is 9.84 Å². The molecule has 3 N–H and O–H groups in total. The maximum Gasteiger partial charge on any atom is 0.175 e. The Morgan fingerprint density at radius 3 is 2.63 bits per heavy atom. The summed E-state index contributed by atoms with van der Waals surface area (Å²) in [5.41, 5.74) is 9.16. The Bertz CT molecular complexity index is 702. The molecule has 1 heterocycles. The molecule has 2 rings (SSSR count). The van der Waals surface area contributed by atoms with E-state index in [1.54, 1.807) is 12.1 Å². The fraction of sp³-hybridized carbons (Fsp3) is 0.429. The largest absolute Gasteiger partial charge is 0.358 e. The summed E-state index contributed by atoms with van der Waals surface area (Å²) in [4.78, 5) is 3.64. The number of nitrogens with one attached hydrogen (secondary N) is 1. The van der Waals surface area contributed by atoms with Crippen LogP contribution in [0.1, 0.15) is 24.6 Å². The lowest BCUT2D eigenvalue weighted by Crippen LogP contribution is -2.21. The molecule has 104 valence electrons. The number of rotatable bonds is 4. The molecule has 0 aliphatic rings.